The molecular weight excluding hydrogens is 773 g/mol. The minimum absolute atomic E-state index is 0.0173. The quantitative estimate of drug-likeness (QED) is 0.268. The molecule has 6 rings (SSSR count). The fourth-order valence-electron chi connectivity index (χ4n) is 8.83. The molecule has 326 valence electrons. The number of nitrogens with one attached hydrogen (secondary N) is 2. The third-order valence-electron chi connectivity index (χ3n) is 12.5. The highest BCUT2D eigenvalue weighted by atomic mass is 16.7. The van der Waals surface area contributed by atoms with Crippen LogP contribution in [0.3, 0.4) is 0 Å². The van der Waals surface area contributed by atoms with E-state index in [1.165, 1.54) is 34.1 Å². The van der Waals surface area contributed by atoms with E-state index >= 15 is 0 Å². The molecule has 1 aliphatic carbocycles. The number of carbonyl (C=O) groups excluding carboxylic acids is 4. The first kappa shape index (κ1) is 44.7. The molecule has 1 fully saturated rings. The number of aliphatic hydroxyl groups is 2. The number of aliphatic hydroxyl groups excluding tert-OH is 2. The Kier molecular flexibility index (Phi) is 12.9. The lowest BCUT2D eigenvalue weighted by Gasteiger charge is -2.38. The number of likely N-dealkylation sites (tertiary alicyclic amines) is 1. The highest BCUT2D eigenvalue weighted by molar-refractivity contribution is 6.34. The first-order valence-electron chi connectivity index (χ1n) is 20.8. The van der Waals surface area contributed by atoms with Crippen LogP contribution in [0.2, 0.25) is 0 Å². The van der Waals surface area contributed by atoms with Crippen molar-refractivity contribution in [2.75, 3.05) is 26.7 Å². The van der Waals surface area contributed by atoms with Gasteiger partial charge in [-0.05, 0) is 25.8 Å². The number of hydrogen-bond acceptors (Lipinski definition) is 14. The third kappa shape index (κ3) is 8.41. The minimum Gasteiger partial charge on any atom is -0.507 e. The molecule has 5 bridgehead atoms. The summed E-state index contributed by atoms with van der Waals surface area (Å²) >= 11 is 0. The van der Waals surface area contributed by atoms with E-state index in [4.69, 9.17) is 23.9 Å². The van der Waals surface area contributed by atoms with Crippen LogP contribution in [-0.4, -0.2) is 112 Å². The summed E-state index contributed by atoms with van der Waals surface area (Å²) in [4.78, 5) is 63.1. The zero-order valence-corrected chi connectivity index (χ0v) is 36.3. The van der Waals surface area contributed by atoms with Gasteiger partial charge in [0.05, 0.1) is 47.1 Å². The molecular formula is C45H60N4O11. The second-order valence-corrected chi connectivity index (χ2v) is 17.6. The molecule has 5 aliphatic rings. The lowest BCUT2D eigenvalue weighted by molar-refractivity contribution is -0.158. The predicted molar refractivity (Wildman–Crippen MR) is 222 cm³/mol. The Hall–Kier alpha value is -4.83. The zero-order chi connectivity index (χ0) is 44.0. The molecule has 0 unspecified atom stereocenters. The molecule has 1 aromatic carbocycles. The summed E-state index contributed by atoms with van der Waals surface area (Å²) in [5.74, 6) is -6.03. The Morgan fingerprint density at radius 1 is 1.02 bits per heavy atom. The van der Waals surface area contributed by atoms with Gasteiger partial charge in [-0.25, -0.2) is 0 Å². The SMILES string of the molecule is CO[C@H]1/C=C/O[C@@]2(C)Oc3c(C)c(O)c4c(c3C2=O)C2=NC3(CCN(CC(C)C)CC3)NC2=C(NC(=O)/C(C)=C\C=C\[C@H](C)[C@H](O)C[C@@H](O)[C@@H](C)[C@H](OC(C)=O)[C@@H]1C)C4=O. The number of allylic oxidation sites excluding steroid dienone is 4. The van der Waals surface area contributed by atoms with Crippen LogP contribution >= 0.6 is 0 Å². The van der Waals surface area contributed by atoms with Gasteiger partial charge in [0.2, 0.25) is 5.78 Å². The van der Waals surface area contributed by atoms with Crippen molar-refractivity contribution in [2.24, 2.45) is 28.7 Å². The van der Waals surface area contributed by atoms with Crippen LogP contribution in [0.25, 0.3) is 0 Å². The first-order valence-corrected chi connectivity index (χ1v) is 20.8. The van der Waals surface area contributed by atoms with Gasteiger partial charge in [0.15, 0.2) is 0 Å². The number of nitrogens with zero attached hydrogens (tertiary/aromatic N) is 2. The maximum absolute atomic E-state index is 14.7. The number of hydrogen-bond donors (Lipinski definition) is 5. The number of ketones is 2. The molecule has 1 amide bonds. The largest absolute Gasteiger partial charge is 0.507 e. The van der Waals surface area contributed by atoms with E-state index < -0.39 is 82.8 Å². The molecule has 1 saturated heterocycles. The standard InChI is InChI=1S/C45H60N4O11/c1-22(2)21-49-17-15-45(16-18-49)47-35-32-33-38(53)27(7)41-34(32)42(55)44(9,60-41)58-19-14-31(57-10)26(6)40(59-28(8)50)25(5)30(52)20-29(51)23(3)12-11-13-24(4)43(56)46-37(39(33)54)36(35)48-45/h11-14,19,22-23,25-26,29-31,40,48,51-53H,15-18,20-21H2,1-10H3,(H,46,56)/b12-11+,19-14+,24-13-/t23-,25+,26+,29+,30+,31-,40-,44-/m0/s1. The number of esters is 1. The average Bonchev–Trinajstić information content (AvgIpc) is 3.69. The van der Waals surface area contributed by atoms with E-state index in [1.54, 1.807) is 52.0 Å². The second kappa shape index (κ2) is 17.3. The second-order valence-electron chi connectivity index (χ2n) is 17.6. The van der Waals surface area contributed by atoms with Crippen molar-refractivity contribution in [3.05, 3.63) is 69.8 Å². The number of carbonyl (C=O) groups is 4. The van der Waals surface area contributed by atoms with Gasteiger partial charge in [0.25, 0.3) is 11.7 Å². The Bertz CT molecular complexity index is 2080. The van der Waals surface area contributed by atoms with Crippen LogP contribution in [-0.2, 0) is 23.8 Å². The summed E-state index contributed by atoms with van der Waals surface area (Å²) in [6.45, 7) is 17.8. The summed E-state index contributed by atoms with van der Waals surface area (Å²) in [7, 11) is 1.46. The van der Waals surface area contributed by atoms with Crippen LogP contribution in [0, 0.1) is 30.6 Å². The van der Waals surface area contributed by atoms with Crippen molar-refractivity contribution in [2.45, 2.75) is 117 Å². The van der Waals surface area contributed by atoms with Crippen LogP contribution in [0.5, 0.6) is 11.5 Å². The number of ether oxygens (including phenoxy) is 4. The number of Topliss-reactive ketones (excluding diaryl/α,β-unsaturated/α-hetero) is 2. The minimum atomic E-state index is -1.96. The van der Waals surface area contributed by atoms with E-state index in [-0.39, 0.29) is 57.1 Å². The highest BCUT2D eigenvalue weighted by Gasteiger charge is 2.54. The van der Waals surface area contributed by atoms with Gasteiger partial charge < -0.3 is 49.8 Å². The molecule has 4 heterocycles. The fraction of sp³-hybridized carbons (Fsp3) is 0.578. The number of amides is 1. The number of aromatic hydroxyl groups is 1. The smallest absolute Gasteiger partial charge is 0.312 e. The topological polar surface area (TPSA) is 206 Å². The molecule has 1 aromatic rings. The summed E-state index contributed by atoms with van der Waals surface area (Å²) in [5.41, 5.74) is -0.181. The Morgan fingerprint density at radius 3 is 2.33 bits per heavy atom. The van der Waals surface area contributed by atoms with Gasteiger partial charge in [-0.15, -0.1) is 0 Å². The Labute approximate surface area is 351 Å². The Morgan fingerprint density at radius 2 is 1.70 bits per heavy atom. The number of phenolic OH excluding ortho intramolecular Hbond substituents is 1. The van der Waals surface area contributed by atoms with Gasteiger partial charge in [-0.1, -0.05) is 52.8 Å². The molecule has 60 heavy (non-hydrogen) atoms. The fourth-order valence-corrected chi connectivity index (χ4v) is 8.83. The van der Waals surface area contributed by atoms with Crippen molar-refractivity contribution in [3.63, 3.8) is 0 Å². The average molecular weight is 833 g/mol. The maximum Gasteiger partial charge on any atom is 0.312 e. The Balaban J connectivity index is 1.48. The number of aliphatic imine (C=N–C) groups is 1. The summed E-state index contributed by atoms with van der Waals surface area (Å²) in [5, 5.41) is 40.5. The summed E-state index contributed by atoms with van der Waals surface area (Å²) < 4.78 is 23.9. The number of rotatable bonds is 4. The molecule has 4 aliphatic heterocycles. The van der Waals surface area contributed by atoms with E-state index in [9.17, 15) is 34.5 Å². The third-order valence-corrected chi connectivity index (χ3v) is 12.5. The number of piperidine rings is 1. The van der Waals surface area contributed by atoms with Gasteiger partial charge in [0, 0.05) is 94.3 Å². The van der Waals surface area contributed by atoms with Crippen molar-refractivity contribution < 1.29 is 53.4 Å². The molecule has 0 saturated carbocycles. The van der Waals surface area contributed by atoms with Gasteiger partial charge >= 0.3 is 11.8 Å². The first-order chi connectivity index (χ1) is 28.2. The van der Waals surface area contributed by atoms with Crippen molar-refractivity contribution in [1.82, 2.24) is 15.5 Å². The molecule has 15 heteroatoms. The van der Waals surface area contributed by atoms with Crippen molar-refractivity contribution in [3.8, 4) is 11.5 Å². The van der Waals surface area contributed by atoms with Gasteiger partial charge in [-0.2, -0.15) is 0 Å². The van der Waals surface area contributed by atoms with Crippen molar-refractivity contribution >= 4 is 29.2 Å². The molecule has 15 nitrogen and oxygen atoms in total. The molecule has 0 aromatic heterocycles. The van der Waals surface area contributed by atoms with Crippen molar-refractivity contribution in [1.29, 1.82) is 0 Å². The summed E-state index contributed by atoms with van der Waals surface area (Å²) in [6.07, 6.45) is 5.08. The van der Waals surface area contributed by atoms with Gasteiger partial charge in [0.1, 0.15) is 29.0 Å². The zero-order valence-electron chi connectivity index (χ0n) is 36.3. The van der Waals surface area contributed by atoms with Crippen LogP contribution in [0.1, 0.15) is 106 Å². The number of benzene rings is 1. The highest BCUT2D eigenvalue weighted by Crippen LogP contribution is 2.50. The number of fused-ring (bicyclic) bond motifs is 3. The number of methoxy groups -OCH3 is 1. The summed E-state index contributed by atoms with van der Waals surface area (Å²) in [6, 6.07) is 0. The lowest BCUT2D eigenvalue weighted by atomic mass is 9.82. The lowest BCUT2D eigenvalue weighted by Crippen LogP contribution is -2.50. The molecule has 5 N–H and O–H groups in total. The molecule has 1 spiro atoms. The van der Waals surface area contributed by atoms with E-state index in [0.29, 0.717) is 18.8 Å². The van der Waals surface area contributed by atoms with Crippen LogP contribution < -0.4 is 15.4 Å². The monoisotopic (exact) mass is 832 g/mol. The predicted octanol–water partition coefficient (Wildman–Crippen LogP) is 4.37. The number of phenols is 1. The van der Waals surface area contributed by atoms with E-state index in [1.807, 2.05) is 0 Å². The maximum atomic E-state index is 14.7. The molecule has 8 atom stereocenters. The molecule has 0 radical (unpaired) electrons. The van der Waals surface area contributed by atoms with E-state index in [2.05, 4.69) is 29.4 Å². The van der Waals surface area contributed by atoms with Gasteiger partial charge in [-0.3, -0.25) is 24.2 Å². The van der Waals surface area contributed by atoms with Crippen LogP contribution in [0.4, 0.5) is 0 Å². The van der Waals surface area contributed by atoms with Crippen LogP contribution in [0.15, 0.2) is 52.5 Å². The van der Waals surface area contributed by atoms with E-state index in [0.717, 1.165) is 19.6 Å². The normalized spacial score (nSPS) is 33.0.